The standard InChI is InChI=1S/C10H18N5O14P3/c11-10-13-8-7(9(18)14-10)12-3-15(8)4-26-6(5(17)1-16)2-27-31(22,23)29-32(24,25)28-30(19,20)21/h3,5-6,16-17H,1-2,4H2,(H,22,23)(H,24,25)(H2,19,20,21)(H3,11,13,14,18)/t5-,6+/m0/s1. The Morgan fingerprint density at radius 1 is 1.16 bits per heavy atom. The number of hydrogen-bond donors (Lipinski definition) is 8. The monoisotopic (exact) mass is 525 g/mol. The molecule has 4 atom stereocenters. The number of nitrogen functional groups attached to an aromatic ring is 1. The predicted molar refractivity (Wildman–Crippen MR) is 100 cm³/mol. The quantitative estimate of drug-likeness (QED) is 0.136. The molecule has 2 aromatic heterocycles. The van der Waals surface area contributed by atoms with Crippen molar-refractivity contribution in [3.05, 3.63) is 16.7 Å². The van der Waals surface area contributed by atoms with Gasteiger partial charge < -0.3 is 40.3 Å². The van der Waals surface area contributed by atoms with E-state index in [1.54, 1.807) is 0 Å². The molecule has 0 aliphatic carbocycles. The van der Waals surface area contributed by atoms with Gasteiger partial charge in [-0.3, -0.25) is 18.9 Å². The summed E-state index contributed by atoms with van der Waals surface area (Å²) in [6, 6.07) is 0. The molecule has 0 aromatic carbocycles. The summed E-state index contributed by atoms with van der Waals surface area (Å²) in [5, 5.41) is 18.9. The van der Waals surface area contributed by atoms with Gasteiger partial charge in [0.05, 0.1) is 19.5 Å². The van der Waals surface area contributed by atoms with Crippen LogP contribution in [0.1, 0.15) is 0 Å². The second-order valence-electron chi connectivity index (χ2n) is 5.81. The first-order valence-electron chi connectivity index (χ1n) is 8.02. The molecule has 2 unspecified atom stereocenters. The van der Waals surface area contributed by atoms with E-state index in [2.05, 4.69) is 28.1 Å². The minimum Gasteiger partial charge on any atom is -0.394 e. The molecule has 0 bridgehead atoms. The predicted octanol–water partition coefficient (Wildman–Crippen LogP) is -2.26. The number of H-pyrrole nitrogens is 1. The number of fused-ring (bicyclic) bond motifs is 1. The summed E-state index contributed by atoms with van der Waals surface area (Å²) in [4.78, 5) is 57.2. The molecule has 0 amide bonds. The van der Waals surface area contributed by atoms with Crippen LogP contribution in [0.4, 0.5) is 5.95 Å². The lowest BCUT2D eigenvalue weighted by Gasteiger charge is -2.23. The number of phosphoric ester groups is 1. The molecule has 2 aromatic rings. The number of nitrogens with zero attached hydrogens (tertiary/aromatic N) is 3. The smallest absolute Gasteiger partial charge is 0.394 e. The highest BCUT2D eigenvalue weighted by atomic mass is 31.3. The summed E-state index contributed by atoms with van der Waals surface area (Å²) in [5.74, 6) is -0.233. The van der Waals surface area contributed by atoms with Crippen LogP contribution in [0.5, 0.6) is 0 Å². The van der Waals surface area contributed by atoms with Gasteiger partial charge in [-0.1, -0.05) is 0 Å². The number of phosphoric acid groups is 3. The zero-order valence-corrected chi connectivity index (χ0v) is 18.2. The molecule has 0 fully saturated rings. The summed E-state index contributed by atoms with van der Waals surface area (Å²) < 4.78 is 51.6. The fourth-order valence-corrected chi connectivity index (χ4v) is 5.13. The van der Waals surface area contributed by atoms with Crippen LogP contribution in [0, 0.1) is 0 Å². The summed E-state index contributed by atoms with van der Waals surface area (Å²) in [6.07, 6.45) is -2.16. The van der Waals surface area contributed by atoms with Crippen molar-refractivity contribution in [1.82, 2.24) is 19.5 Å². The maximum Gasteiger partial charge on any atom is 0.490 e. The number of aromatic amines is 1. The van der Waals surface area contributed by atoms with E-state index in [0.29, 0.717) is 0 Å². The molecule has 2 rings (SSSR count). The summed E-state index contributed by atoms with van der Waals surface area (Å²) >= 11 is 0. The number of aliphatic hydroxyl groups is 2. The van der Waals surface area contributed by atoms with Crippen molar-refractivity contribution in [3.63, 3.8) is 0 Å². The third-order valence-electron chi connectivity index (χ3n) is 3.35. The van der Waals surface area contributed by atoms with Crippen molar-refractivity contribution < 1.29 is 61.4 Å². The zero-order chi connectivity index (χ0) is 24.3. The first-order valence-corrected chi connectivity index (χ1v) is 12.5. The SMILES string of the molecule is Nc1nc2c(ncn2CO[C@H](COP(=O)(O)OP(=O)(O)OP(=O)(O)O)[C@@H](O)CO)c(=O)[nH]1. The number of aromatic nitrogens is 4. The van der Waals surface area contributed by atoms with E-state index in [1.807, 2.05) is 0 Å². The van der Waals surface area contributed by atoms with E-state index in [4.69, 9.17) is 30.3 Å². The van der Waals surface area contributed by atoms with Crippen molar-refractivity contribution >= 4 is 40.6 Å². The highest BCUT2D eigenvalue weighted by molar-refractivity contribution is 7.66. The van der Waals surface area contributed by atoms with E-state index < -0.39 is 61.2 Å². The van der Waals surface area contributed by atoms with Crippen LogP contribution in [-0.4, -0.2) is 74.7 Å². The molecule has 9 N–H and O–H groups in total. The third kappa shape index (κ3) is 7.79. The number of imidazole rings is 1. The minimum absolute atomic E-state index is 0.0172. The van der Waals surface area contributed by atoms with Gasteiger partial charge in [0, 0.05) is 0 Å². The van der Waals surface area contributed by atoms with Gasteiger partial charge in [-0.15, -0.1) is 0 Å². The average molecular weight is 525 g/mol. The molecule has 0 aliphatic rings. The number of nitrogens with one attached hydrogen (secondary N) is 1. The Bertz CT molecular complexity index is 1140. The first-order chi connectivity index (χ1) is 14.6. The molecular formula is C10H18N5O14P3. The summed E-state index contributed by atoms with van der Waals surface area (Å²) in [5.41, 5.74) is 4.68. The minimum atomic E-state index is -5.74. The molecule has 32 heavy (non-hydrogen) atoms. The molecule has 0 saturated carbocycles. The van der Waals surface area contributed by atoms with Gasteiger partial charge >= 0.3 is 23.5 Å². The normalized spacial score (nSPS) is 18.2. The second-order valence-corrected chi connectivity index (χ2v) is 10.2. The van der Waals surface area contributed by atoms with E-state index >= 15 is 0 Å². The number of hydrogen-bond acceptors (Lipinski definition) is 13. The average Bonchev–Trinajstić information content (AvgIpc) is 3.01. The van der Waals surface area contributed by atoms with Crippen LogP contribution in [-0.2, 0) is 38.3 Å². The van der Waals surface area contributed by atoms with Crippen LogP contribution in [0.3, 0.4) is 0 Å². The number of rotatable bonds is 12. The van der Waals surface area contributed by atoms with Crippen LogP contribution >= 0.6 is 23.5 Å². The lowest BCUT2D eigenvalue weighted by Crippen LogP contribution is -2.36. The third-order valence-corrected chi connectivity index (χ3v) is 7.16. The van der Waals surface area contributed by atoms with Crippen molar-refractivity contribution in [1.29, 1.82) is 0 Å². The molecule has 182 valence electrons. The van der Waals surface area contributed by atoms with Crippen molar-refractivity contribution in [3.8, 4) is 0 Å². The lowest BCUT2D eigenvalue weighted by atomic mass is 10.2. The number of anilines is 1. The Kier molecular flexibility index (Phi) is 8.46. The van der Waals surface area contributed by atoms with Gasteiger partial charge in [-0.2, -0.15) is 13.6 Å². The maximum atomic E-state index is 11.8. The van der Waals surface area contributed by atoms with Crippen LogP contribution in [0.25, 0.3) is 11.2 Å². The number of aliphatic hydroxyl groups excluding tert-OH is 2. The molecule has 0 saturated heterocycles. The van der Waals surface area contributed by atoms with Crippen molar-refractivity contribution in [2.75, 3.05) is 18.9 Å². The molecule has 0 spiro atoms. The summed E-state index contributed by atoms with van der Waals surface area (Å²) in [6.45, 7) is -2.44. The van der Waals surface area contributed by atoms with Crippen LogP contribution in [0.2, 0.25) is 0 Å². The Balaban J connectivity index is 2.08. The van der Waals surface area contributed by atoms with Gasteiger partial charge in [0.15, 0.2) is 11.2 Å². The Morgan fingerprint density at radius 2 is 1.81 bits per heavy atom. The van der Waals surface area contributed by atoms with Gasteiger partial charge in [0.2, 0.25) is 5.95 Å². The molecule has 0 aliphatic heterocycles. The Morgan fingerprint density at radius 3 is 2.41 bits per heavy atom. The largest absolute Gasteiger partial charge is 0.490 e. The molecule has 0 radical (unpaired) electrons. The van der Waals surface area contributed by atoms with Gasteiger partial charge in [0.25, 0.3) is 5.56 Å². The second kappa shape index (κ2) is 10.1. The fraction of sp³-hybridized carbons (Fsp3) is 0.500. The lowest BCUT2D eigenvalue weighted by molar-refractivity contribution is -0.0982. The summed E-state index contributed by atoms with van der Waals surface area (Å²) in [7, 11) is -16.8. The van der Waals surface area contributed by atoms with E-state index in [0.717, 1.165) is 10.9 Å². The molecule has 2 heterocycles. The number of ether oxygens (including phenoxy) is 1. The van der Waals surface area contributed by atoms with Crippen LogP contribution in [0.15, 0.2) is 11.1 Å². The maximum absolute atomic E-state index is 11.8. The topological polar surface area (TPSA) is 299 Å². The van der Waals surface area contributed by atoms with E-state index in [1.165, 1.54) is 0 Å². The van der Waals surface area contributed by atoms with Crippen LogP contribution < -0.4 is 11.3 Å². The van der Waals surface area contributed by atoms with Gasteiger partial charge in [-0.05, 0) is 0 Å². The highest BCUT2D eigenvalue weighted by Gasteiger charge is 2.41. The number of nitrogens with two attached hydrogens (primary N) is 1. The molecular weight excluding hydrogens is 507 g/mol. The fourth-order valence-electron chi connectivity index (χ4n) is 2.10. The van der Waals surface area contributed by atoms with Gasteiger partial charge in [-0.25, -0.2) is 18.7 Å². The van der Waals surface area contributed by atoms with Gasteiger partial charge in [0.1, 0.15) is 18.9 Å². The first kappa shape index (κ1) is 26.7. The van der Waals surface area contributed by atoms with Crippen molar-refractivity contribution in [2.45, 2.75) is 18.9 Å². The zero-order valence-electron chi connectivity index (χ0n) is 15.6. The highest BCUT2D eigenvalue weighted by Crippen LogP contribution is 2.66. The molecule has 19 nitrogen and oxygen atoms in total. The Labute approximate surface area is 176 Å². The van der Waals surface area contributed by atoms with E-state index in [9.17, 15) is 28.5 Å². The Hall–Kier alpha value is -1.56. The van der Waals surface area contributed by atoms with Crippen molar-refractivity contribution in [2.24, 2.45) is 0 Å². The van der Waals surface area contributed by atoms with E-state index in [-0.39, 0.29) is 17.1 Å². The molecule has 22 heteroatoms.